The van der Waals surface area contributed by atoms with Gasteiger partial charge in [-0.2, -0.15) is 0 Å². The molecule has 2 aromatic carbocycles. The smallest absolute Gasteiger partial charge is 0.304 e. The van der Waals surface area contributed by atoms with E-state index in [1.54, 1.807) is 26.4 Å². The summed E-state index contributed by atoms with van der Waals surface area (Å²) in [5, 5.41) is 19.3. The zero-order valence-electron chi connectivity index (χ0n) is 17.0. The Balaban J connectivity index is 1.98. The van der Waals surface area contributed by atoms with Gasteiger partial charge in [0.25, 0.3) is 0 Å². The largest absolute Gasteiger partial charge is 0.504 e. The molecule has 7 heteroatoms. The number of ether oxygens (including phenoxy) is 3. The lowest BCUT2D eigenvalue weighted by molar-refractivity contribution is -0.137. The molecule has 0 amide bonds. The molecule has 29 heavy (non-hydrogen) atoms. The topological polar surface area (TPSA) is 88.5 Å². The summed E-state index contributed by atoms with van der Waals surface area (Å²) in [5.41, 5.74) is 3.20. The number of phenols is 1. The summed E-state index contributed by atoms with van der Waals surface area (Å²) < 4.78 is 16.1. The number of aromatic hydroxyl groups is 1. The normalized spacial score (nSPS) is 16.2. The first-order valence-electron chi connectivity index (χ1n) is 9.53. The van der Waals surface area contributed by atoms with Crippen LogP contribution in [0.15, 0.2) is 30.3 Å². The van der Waals surface area contributed by atoms with Crippen LogP contribution in [-0.2, 0) is 17.6 Å². The second kappa shape index (κ2) is 9.05. The zero-order valence-corrected chi connectivity index (χ0v) is 17.0. The van der Waals surface area contributed by atoms with Gasteiger partial charge in [-0.3, -0.25) is 9.69 Å². The van der Waals surface area contributed by atoms with Gasteiger partial charge in [0.1, 0.15) is 0 Å². The third-order valence-electron chi connectivity index (χ3n) is 5.40. The van der Waals surface area contributed by atoms with Crippen molar-refractivity contribution in [3.05, 3.63) is 47.0 Å². The van der Waals surface area contributed by atoms with Gasteiger partial charge in [0.15, 0.2) is 23.0 Å². The van der Waals surface area contributed by atoms with Crippen LogP contribution < -0.4 is 14.2 Å². The fourth-order valence-electron chi connectivity index (χ4n) is 3.91. The van der Waals surface area contributed by atoms with Crippen molar-refractivity contribution in [3.8, 4) is 23.0 Å². The number of fused-ring (bicyclic) bond motifs is 1. The van der Waals surface area contributed by atoms with E-state index in [-0.39, 0.29) is 18.2 Å². The fraction of sp³-hybridized carbons (Fsp3) is 0.409. The highest BCUT2D eigenvalue weighted by Gasteiger charge is 2.29. The first kappa shape index (κ1) is 20.8. The first-order chi connectivity index (χ1) is 14.0. The number of carbonyl (C=O) groups is 1. The van der Waals surface area contributed by atoms with Crippen LogP contribution in [0.25, 0.3) is 0 Å². The van der Waals surface area contributed by atoms with Gasteiger partial charge >= 0.3 is 5.97 Å². The van der Waals surface area contributed by atoms with E-state index in [2.05, 4.69) is 4.90 Å². The summed E-state index contributed by atoms with van der Waals surface area (Å²) in [6.07, 6.45) is 1.51. The van der Waals surface area contributed by atoms with Crippen molar-refractivity contribution in [2.75, 3.05) is 34.4 Å². The van der Waals surface area contributed by atoms with Gasteiger partial charge in [-0.25, -0.2) is 0 Å². The van der Waals surface area contributed by atoms with Gasteiger partial charge in [0.2, 0.25) is 0 Å². The number of carboxylic acid groups (broad SMARTS) is 1. The number of benzene rings is 2. The molecule has 1 unspecified atom stereocenters. The number of nitrogens with zero attached hydrogens (tertiary/aromatic N) is 1. The minimum absolute atomic E-state index is 0.0364. The molecule has 2 aromatic rings. The number of hydrogen-bond acceptors (Lipinski definition) is 6. The van der Waals surface area contributed by atoms with Crippen molar-refractivity contribution >= 4 is 5.97 Å². The van der Waals surface area contributed by atoms with E-state index in [9.17, 15) is 9.90 Å². The van der Waals surface area contributed by atoms with Crippen molar-refractivity contribution in [3.63, 3.8) is 0 Å². The molecule has 0 fully saturated rings. The summed E-state index contributed by atoms with van der Waals surface area (Å²) in [6, 6.07) is 9.30. The Bertz CT molecular complexity index is 882. The van der Waals surface area contributed by atoms with Gasteiger partial charge in [-0.15, -0.1) is 0 Å². The van der Waals surface area contributed by atoms with E-state index in [1.165, 1.54) is 7.11 Å². The van der Waals surface area contributed by atoms with Crippen molar-refractivity contribution < 1.29 is 29.2 Å². The van der Waals surface area contributed by atoms with E-state index in [1.807, 2.05) is 18.2 Å². The summed E-state index contributed by atoms with van der Waals surface area (Å²) in [5.74, 6) is 1.03. The SMILES string of the molecule is COc1ccc(CC2c3cc(OC)c(OC)cc3CCN2CCC(=O)O)cc1O. The average molecular weight is 401 g/mol. The lowest BCUT2D eigenvalue weighted by atomic mass is 9.88. The van der Waals surface area contributed by atoms with Crippen LogP contribution in [0.2, 0.25) is 0 Å². The number of hydrogen-bond donors (Lipinski definition) is 2. The maximum atomic E-state index is 11.1. The highest BCUT2D eigenvalue weighted by atomic mass is 16.5. The number of rotatable bonds is 8. The molecule has 0 bridgehead atoms. The van der Waals surface area contributed by atoms with Crippen LogP contribution in [0, 0.1) is 0 Å². The van der Waals surface area contributed by atoms with Crippen LogP contribution >= 0.6 is 0 Å². The Kier molecular flexibility index (Phi) is 6.49. The molecular weight excluding hydrogens is 374 g/mol. The lowest BCUT2D eigenvalue weighted by Crippen LogP contribution is -2.38. The van der Waals surface area contributed by atoms with Crippen molar-refractivity contribution in [2.24, 2.45) is 0 Å². The molecule has 0 saturated heterocycles. The van der Waals surface area contributed by atoms with Gasteiger partial charge in [0, 0.05) is 19.1 Å². The second-order valence-electron chi connectivity index (χ2n) is 7.06. The Hall–Kier alpha value is -2.93. The van der Waals surface area contributed by atoms with Gasteiger partial charge < -0.3 is 24.4 Å². The Morgan fingerprint density at radius 2 is 1.76 bits per heavy atom. The van der Waals surface area contributed by atoms with Crippen molar-refractivity contribution in [1.82, 2.24) is 4.90 Å². The molecule has 1 aliphatic heterocycles. The lowest BCUT2D eigenvalue weighted by Gasteiger charge is -2.38. The number of aliphatic carboxylic acids is 1. The zero-order chi connectivity index (χ0) is 21.0. The quantitative estimate of drug-likeness (QED) is 0.703. The molecule has 0 spiro atoms. The van der Waals surface area contributed by atoms with Crippen LogP contribution in [0.1, 0.15) is 29.2 Å². The maximum absolute atomic E-state index is 11.1. The molecule has 156 valence electrons. The standard InChI is InChI=1S/C22H27NO6/c1-27-19-5-4-14(11-18(19)24)10-17-16-13-21(29-3)20(28-2)12-15(16)6-8-23(17)9-7-22(25)26/h4-5,11-13,17,24H,6-10H2,1-3H3,(H,25,26). The average Bonchev–Trinajstić information content (AvgIpc) is 2.72. The molecule has 1 heterocycles. The summed E-state index contributed by atoms with van der Waals surface area (Å²) in [7, 11) is 4.73. The van der Waals surface area contributed by atoms with E-state index in [0.29, 0.717) is 30.2 Å². The molecule has 1 atom stereocenters. The van der Waals surface area contributed by atoms with Gasteiger partial charge in [-0.1, -0.05) is 6.07 Å². The summed E-state index contributed by atoms with van der Waals surface area (Å²) >= 11 is 0. The second-order valence-corrected chi connectivity index (χ2v) is 7.06. The predicted octanol–water partition coefficient (Wildman–Crippen LogP) is 3.03. The van der Waals surface area contributed by atoms with E-state index < -0.39 is 5.97 Å². The molecular formula is C22H27NO6. The van der Waals surface area contributed by atoms with E-state index >= 15 is 0 Å². The molecule has 2 N–H and O–H groups in total. The van der Waals surface area contributed by atoms with Crippen molar-refractivity contribution in [1.29, 1.82) is 0 Å². The van der Waals surface area contributed by atoms with Gasteiger partial charge in [0.05, 0.1) is 27.8 Å². The van der Waals surface area contributed by atoms with Crippen molar-refractivity contribution in [2.45, 2.75) is 25.3 Å². The van der Waals surface area contributed by atoms with Crippen LogP contribution in [-0.4, -0.2) is 55.5 Å². The molecule has 3 rings (SSSR count). The highest BCUT2D eigenvalue weighted by Crippen LogP contribution is 2.40. The minimum Gasteiger partial charge on any atom is -0.504 e. The summed E-state index contributed by atoms with van der Waals surface area (Å²) in [4.78, 5) is 13.3. The van der Waals surface area contributed by atoms with Crippen LogP contribution in [0.4, 0.5) is 0 Å². The number of carboxylic acids is 1. The first-order valence-corrected chi connectivity index (χ1v) is 9.53. The summed E-state index contributed by atoms with van der Waals surface area (Å²) in [6.45, 7) is 1.21. The number of methoxy groups -OCH3 is 3. The van der Waals surface area contributed by atoms with E-state index in [4.69, 9.17) is 19.3 Å². The predicted molar refractivity (Wildman–Crippen MR) is 108 cm³/mol. The molecule has 0 aromatic heterocycles. The third-order valence-corrected chi connectivity index (χ3v) is 5.40. The van der Waals surface area contributed by atoms with Crippen LogP contribution in [0.3, 0.4) is 0 Å². The maximum Gasteiger partial charge on any atom is 0.304 e. The number of phenolic OH excluding ortho intramolecular Hbond substituents is 1. The Labute approximate surface area is 170 Å². The molecule has 0 aliphatic carbocycles. The minimum atomic E-state index is -0.816. The highest BCUT2D eigenvalue weighted by molar-refractivity contribution is 5.66. The molecule has 0 saturated carbocycles. The van der Waals surface area contributed by atoms with Gasteiger partial charge in [-0.05, 0) is 53.8 Å². The third kappa shape index (κ3) is 4.56. The van der Waals surface area contributed by atoms with Crippen LogP contribution in [0.5, 0.6) is 23.0 Å². The Morgan fingerprint density at radius 3 is 2.38 bits per heavy atom. The Morgan fingerprint density at radius 1 is 1.07 bits per heavy atom. The fourth-order valence-corrected chi connectivity index (χ4v) is 3.91. The molecule has 1 aliphatic rings. The molecule has 0 radical (unpaired) electrons. The van der Waals surface area contributed by atoms with E-state index in [0.717, 1.165) is 29.7 Å². The molecule has 7 nitrogen and oxygen atoms in total. The monoisotopic (exact) mass is 401 g/mol.